The Bertz CT molecular complexity index is 1440. The van der Waals surface area contributed by atoms with Gasteiger partial charge in [0.2, 0.25) is 17.8 Å². The molecule has 1 aliphatic heterocycles. The molecule has 2 amide bonds. The quantitative estimate of drug-likeness (QED) is 0.470. The lowest BCUT2D eigenvalue weighted by molar-refractivity contribution is -0.129. The van der Waals surface area contributed by atoms with Gasteiger partial charge in [0.05, 0.1) is 6.10 Å². The summed E-state index contributed by atoms with van der Waals surface area (Å²) >= 11 is 6.81. The second kappa shape index (κ2) is 11.5. The predicted molar refractivity (Wildman–Crippen MR) is 153 cm³/mol. The van der Waals surface area contributed by atoms with Gasteiger partial charge < -0.3 is 25.1 Å². The second-order valence-corrected chi connectivity index (χ2v) is 11.1. The minimum atomic E-state index is -0.615. The number of piperazine rings is 1. The molecule has 1 aliphatic carbocycles. The van der Waals surface area contributed by atoms with E-state index in [1.807, 2.05) is 29.2 Å². The molecule has 3 aromatic rings. The first-order chi connectivity index (χ1) is 19.1. The number of fused-ring (bicyclic) bond motifs is 2. The molecule has 1 unspecified atom stereocenters. The van der Waals surface area contributed by atoms with Crippen LogP contribution in [0.15, 0.2) is 30.3 Å². The highest BCUT2D eigenvalue weighted by molar-refractivity contribution is 6.32. The first-order valence-corrected chi connectivity index (χ1v) is 13.9. The maximum absolute atomic E-state index is 16.6. The summed E-state index contributed by atoms with van der Waals surface area (Å²) in [7, 11) is 3.38. The van der Waals surface area contributed by atoms with E-state index in [4.69, 9.17) is 16.6 Å². The van der Waals surface area contributed by atoms with E-state index in [0.29, 0.717) is 55.8 Å². The number of benzene rings is 2. The van der Waals surface area contributed by atoms with Crippen LogP contribution in [-0.4, -0.2) is 89.6 Å². The Labute approximate surface area is 237 Å². The number of halogens is 2. The van der Waals surface area contributed by atoms with Crippen LogP contribution < -0.4 is 10.2 Å². The fourth-order valence-electron chi connectivity index (χ4n) is 5.64. The van der Waals surface area contributed by atoms with Gasteiger partial charge in [-0.3, -0.25) is 9.59 Å². The average Bonchev–Trinajstić information content (AvgIpc) is 2.93. The summed E-state index contributed by atoms with van der Waals surface area (Å²) in [6, 6.07) is 9.45. The molecule has 0 saturated carbocycles. The number of nitrogens with zero attached hydrogens (tertiary/aromatic N) is 5. The third kappa shape index (κ3) is 5.55. The number of hydrogen-bond donors (Lipinski definition) is 2. The Morgan fingerprint density at radius 2 is 1.90 bits per heavy atom. The van der Waals surface area contributed by atoms with E-state index in [9.17, 15) is 14.7 Å². The Balaban J connectivity index is 1.59. The SMILES string of the molecule is CC(=O)N1CCN(c2nc(NCCC(=O)N(C)C)nc3c(F)c([C@H]4CC(O)Cc5ccccc54)c(Cl)cc23)CC1. The highest BCUT2D eigenvalue weighted by Gasteiger charge is 2.32. The van der Waals surface area contributed by atoms with E-state index in [-0.39, 0.29) is 41.3 Å². The van der Waals surface area contributed by atoms with Crippen LogP contribution in [0.1, 0.15) is 42.4 Å². The second-order valence-electron chi connectivity index (χ2n) is 10.7. The minimum absolute atomic E-state index is 0.00814. The zero-order chi connectivity index (χ0) is 28.6. The molecule has 1 aromatic heterocycles. The van der Waals surface area contributed by atoms with Crippen molar-refractivity contribution in [1.82, 2.24) is 19.8 Å². The summed E-state index contributed by atoms with van der Waals surface area (Å²) < 4.78 is 16.6. The average molecular weight is 569 g/mol. The third-order valence-electron chi connectivity index (χ3n) is 7.79. The van der Waals surface area contributed by atoms with Crippen LogP contribution in [0.3, 0.4) is 0 Å². The van der Waals surface area contributed by atoms with Crippen molar-refractivity contribution in [2.24, 2.45) is 0 Å². The molecule has 2 N–H and O–H groups in total. The van der Waals surface area contributed by atoms with Crippen molar-refractivity contribution in [3.8, 4) is 0 Å². The number of amides is 2. The van der Waals surface area contributed by atoms with Crippen LogP contribution in [0, 0.1) is 5.82 Å². The molecule has 2 aliphatic rings. The number of rotatable bonds is 6. The molecule has 0 radical (unpaired) electrons. The number of aliphatic hydroxyl groups excluding tert-OH is 1. The van der Waals surface area contributed by atoms with Crippen molar-refractivity contribution in [2.45, 2.75) is 38.2 Å². The van der Waals surface area contributed by atoms with E-state index >= 15 is 4.39 Å². The normalized spacial score (nSPS) is 18.9. The molecule has 9 nitrogen and oxygen atoms in total. The summed E-state index contributed by atoms with van der Waals surface area (Å²) in [6.45, 7) is 3.91. The largest absolute Gasteiger partial charge is 0.393 e. The van der Waals surface area contributed by atoms with E-state index in [0.717, 1.165) is 11.1 Å². The van der Waals surface area contributed by atoms with Crippen molar-refractivity contribution in [3.05, 3.63) is 57.9 Å². The number of carbonyl (C=O) groups is 2. The Kier molecular flexibility index (Phi) is 8.09. The maximum atomic E-state index is 16.6. The molecule has 1 fully saturated rings. The standard InChI is InChI=1S/C29H34ClFN6O3/c1-17(38)36-10-12-37(13-11-36)28-22-16-23(30)25(21-15-19(39)14-18-6-4-5-7-20(18)21)26(31)27(22)33-29(34-28)32-9-8-24(40)35(2)3/h4-7,16,19,21,39H,8-15H2,1-3H3,(H,32,33,34)/t19?,21-/m0/s1. The Morgan fingerprint density at radius 3 is 2.60 bits per heavy atom. The van der Waals surface area contributed by atoms with Gasteiger partial charge in [-0.05, 0) is 30.0 Å². The van der Waals surface area contributed by atoms with Gasteiger partial charge in [-0.1, -0.05) is 35.9 Å². The molecular weight excluding hydrogens is 535 g/mol. The van der Waals surface area contributed by atoms with Crippen molar-refractivity contribution < 1.29 is 19.1 Å². The number of carbonyl (C=O) groups excluding carboxylic acids is 2. The summed E-state index contributed by atoms with van der Waals surface area (Å²) in [5, 5.41) is 14.4. The Morgan fingerprint density at radius 1 is 1.18 bits per heavy atom. The van der Waals surface area contributed by atoms with E-state index in [1.54, 1.807) is 32.0 Å². The zero-order valence-corrected chi connectivity index (χ0v) is 23.7. The van der Waals surface area contributed by atoms with Crippen molar-refractivity contribution in [2.75, 3.05) is 57.0 Å². The van der Waals surface area contributed by atoms with Crippen LogP contribution in [0.25, 0.3) is 10.9 Å². The fraction of sp³-hybridized carbons (Fsp3) is 0.448. The smallest absolute Gasteiger partial charge is 0.225 e. The molecule has 2 heterocycles. The van der Waals surface area contributed by atoms with Gasteiger partial charge in [0.15, 0.2) is 5.82 Å². The molecule has 5 rings (SSSR count). The molecule has 40 heavy (non-hydrogen) atoms. The van der Waals surface area contributed by atoms with Gasteiger partial charge in [-0.25, -0.2) is 9.37 Å². The third-order valence-corrected chi connectivity index (χ3v) is 8.10. The number of anilines is 2. The van der Waals surface area contributed by atoms with Crippen LogP contribution in [0.2, 0.25) is 5.02 Å². The van der Waals surface area contributed by atoms with Gasteiger partial charge in [0, 0.05) is 82.1 Å². The molecule has 0 spiro atoms. The predicted octanol–water partition coefficient (Wildman–Crippen LogP) is 3.42. The highest BCUT2D eigenvalue weighted by atomic mass is 35.5. The Hall–Kier alpha value is -3.50. The highest BCUT2D eigenvalue weighted by Crippen LogP contribution is 2.43. The molecule has 2 atom stereocenters. The number of aliphatic hydroxyl groups is 1. The molecule has 11 heteroatoms. The van der Waals surface area contributed by atoms with E-state index in [1.165, 1.54) is 4.90 Å². The topological polar surface area (TPSA) is 102 Å². The van der Waals surface area contributed by atoms with Crippen LogP contribution in [0.4, 0.5) is 16.2 Å². The molecule has 212 valence electrons. The van der Waals surface area contributed by atoms with Crippen LogP contribution in [-0.2, 0) is 16.0 Å². The van der Waals surface area contributed by atoms with Crippen molar-refractivity contribution in [3.63, 3.8) is 0 Å². The lowest BCUT2D eigenvalue weighted by Gasteiger charge is -2.35. The zero-order valence-electron chi connectivity index (χ0n) is 23.0. The van der Waals surface area contributed by atoms with E-state index in [2.05, 4.69) is 10.3 Å². The van der Waals surface area contributed by atoms with Gasteiger partial charge >= 0.3 is 0 Å². The maximum Gasteiger partial charge on any atom is 0.225 e. The van der Waals surface area contributed by atoms with Gasteiger partial charge in [-0.2, -0.15) is 4.98 Å². The molecular formula is C29H34ClFN6O3. The minimum Gasteiger partial charge on any atom is -0.393 e. The number of aromatic nitrogens is 2. The molecule has 2 aromatic carbocycles. The summed E-state index contributed by atoms with van der Waals surface area (Å²) in [5.74, 6) is -0.291. The van der Waals surface area contributed by atoms with E-state index < -0.39 is 17.8 Å². The van der Waals surface area contributed by atoms with Gasteiger partial charge in [0.1, 0.15) is 11.3 Å². The fourth-order valence-corrected chi connectivity index (χ4v) is 5.97. The monoisotopic (exact) mass is 568 g/mol. The number of nitrogens with one attached hydrogen (secondary N) is 1. The summed E-state index contributed by atoms with van der Waals surface area (Å²) in [6.07, 6.45) is 0.474. The van der Waals surface area contributed by atoms with Crippen molar-refractivity contribution >= 4 is 46.1 Å². The van der Waals surface area contributed by atoms with Crippen LogP contribution in [0.5, 0.6) is 0 Å². The summed E-state index contributed by atoms with van der Waals surface area (Å²) in [5.41, 5.74) is 2.35. The van der Waals surface area contributed by atoms with Gasteiger partial charge in [0.25, 0.3) is 0 Å². The first-order valence-electron chi connectivity index (χ1n) is 13.5. The lowest BCUT2D eigenvalue weighted by atomic mass is 9.77. The molecule has 0 bridgehead atoms. The lowest BCUT2D eigenvalue weighted by Crippen LogP contribution is -2.48. The summed E-state index contributed by atoms with van der Waals surface area (Å²) in [4.78, 5) is 38.5. The number of hydrogen-bond acceptors (Lipinski definition) is 7. The van der Waals surface area contributed by atoms with Crippen LogP contribution >= 0.6 is 11.6 Å². The molecule has 1 saturated heterocycles. The van der Waals surface area contributed by atoms with Gasteiger partial charge in [-0.15, -0.1) is 0 Å². The van der Waals surface area contributed by atoms with Crippen molar-refractivity contribution in [1.29, 1.82) is 0 Å². The first kappa shape index (κ1) is 28.0.